The van der Waals surface area contributed by atoms with Gasteiger partial charge in [-0.15, -0.1) is 11.6 Å². The average molecular weight is 256 g/mol. The van der Waals surface area contributed by atoms with Crippen molar-refractivity contribution in [2.45, 2.75) is 32.6 Å². The first-order valence-electron chi connectivity index (χ1n) is 7.06. The summed E-state index contributed by atoms with van der Waals surface area (Å²) < 4.78 is 0. The van der Waals surface area contributed by atoms with Crippen molar-refractivity contribution in [3.63, 3.8) is 0 Å². The van der Waals surface area contributed by atoms with Gasteiger partial charge >= 0.3 is 0 Å². The molecule has 0 aliphatic heterocycles. The maximum absolute atomic E-state index is 12.1. The molecule has 0 radical (unpaired) electrons. The number of alkyl halides is 1. The first-order valence-corrected chi connectivity index (χ1v) is 7.59. The van der Waals surface area contributed by atoms with Crippen LogP contribution in [-0.4, -0.2) is 18.3 Å². The second kappa shape index (κ2) is 4.46. The molecule has 0 heterocycles. The summed E-state index contributed by atoms with van der Waals surface area (Å²) >= 11 is 5.70. The molecular weight excluding hydrogens is 234 g/mol. The number of nitrogens with one attached hydrogen (secondary N) is 1. The van der Waals surface area contributed by atoms with Gasteiger partial charge in [0.05, 0.1) is 0 Å². The second-order valence-corrected chi connectivity index (χ2v) is 6.72. The molecule has 0 aromatic rings. The van der Waals surface area contributed by atoms with Crippen molar-refractivity contribution in [2.75, 3.05) is 12.4 Å². The van der Waals surface area contributed by atoms with Crippen molar-refractivity contribution in [3.05, 3.63) is 0 Å². The lowest BCUT2D eigenvalue weighted by Crippen LogP contribution is -2.31. The summed E-state index contributed by atoms with van der Waals surface area (Å²) in [4.78, 5) is 12.1. The number of amides is 1. The van der Waals surface area contributed by atoms with Crippen LogP contribution < -0.4 is 5.32 Å². The van der Waals surface area contributed by atoms with Crippen LogP contribution in [0.3, 0.4) is 0 Å². The first kappa shape index (κ1) is 11.8. The van der Waals surface area contributed by atoms with Gasteiger partial charge in [-0.25, -0.2) is 0 Å². The molecule has 0 aromatic heterocycles. The SMILES string of the molecule is CC(CCCl)CNC(=O)C1C2C3CCC(C3)C12. The van der Waals surface area contributed by atoms with Gasteiger partial charge in [0.25, 0.3) is 0 Å². The van der Waals surface area contributed by atoms with Crippen molar-refractivity contribution < 1.29 is 4.79 Å². The summed E-state index contributed by atoms with van der Waals surface area (Å²) in [6, 6.07) is 0. The molecule has 3 aliphatic rings. The minimum Gasteiger partial charge on any atom is -0.356 e. The summed E-state index contributed by atoms with van der Waals surface area (Å²) in [5.41, 5.74) is 0. The Labute approximate surface area is 108 Å². The molecule has 1 amide bonds. The molecule has 3 saturated carbocycles. The highest BCUT2D eigenvalue weighted by molar-refractivity contribution is 6.17. The number of hydrogen-bond donors (Lipinski definition) is 1. The van der Waals surface area contributed by atoms with E-state index in [1.807, 2.05) is 0 Å². The van der Waals surface area contributed by atoms with Crippen LogP contribution in [0.4, 0.5) is 0 Å². The fourth-order valence-corrected chi connectivity index (χ4v) is 4.73. The molecule has 3 heteroatoms. The number of fused-ring (bicyclic) bond motifs is 5. The number of carbonyl (C=O) groups excluding carboxylic acids is 1. The highest BCUT2D eigenvalue weighted by Crippen LogP contribution is 2.69. The summed E-state index contributed by atoms with van der Waals surface area (Å²) in [6.07, 6.45) is 5.18. The van der Waals surface area contributed by atoms with Crippen LogP contribution in [0.25, 0.3) is 0 Å². The number of rotatable bonds is 5. The van der Waals surface area contributed by atoms with Gasteiger partial charge in [-0.05, 0) is 55.3 Å². The molecule has 3 fully saturated rings. The molecule has 0 saturated heterocycles. The molecule has 5 unspecified atom stereocenters. The normalized spacial score (nSPS) is 43.3. The van der Waals surface area contributed by atoms with E-state index in [-0.39, 0.29) is 0 Å². The number of hydrogen-bond acceptors (Lipinski definition) is 1. The third-order valence-corrected chi connectivity index (χ3v) is 5.48. The van der Waals surface area contributed by atoms with E-state index in [0.717, 1.165) is 36.6 Å². The Morgan fingerprint density at radius 1 is 1.35 bits per heavy atom. The van der Waals surface area contributed by atoms with Gasteiger partial charge in [0, 0.05) is 18.3 Å². The monoisotopic (exact) mass is 255 g/mol. The summed E-state index contributed by atoms with van der Waals surface area (Å²) in [5, 5.41) is 3.13. The van der Waals surface area contributed by atoms with E-state index in [1.54, 1.807) is 0 Å². The van der Waals surface area contributed by atoms with Gasteiger partial charge in [-0.1, -0.05) is 6.92 Å². The number of carbonyl (C=O) groups is 1. The van der Waals surface area contributed by atoms with Crippen LogP contribution in [0.5, 0.6) is 0 Å². The lowest BCUT2D eigenvalue weighted by atomic mass is 10.0. The van der Waals surface area contributed by atoms with Gasteiger partial charge in [0.2, 0.25) is 5.91 Å². The van der Waals surface area contributed by atoms with Gasteiger partial charge in [-0.2, -0.15) is 0 Å². The van der Waals surface area contributed by atoms with Gasteiger partial charge < -0.3 is 5.32 Å². The third-order valence-electron chi connectivity index (χ3n) is 5.26. The highest BCUT2D eigenvalue weighted by atomic mass is 35.5. The van der Waals surface area contributed by atoms with Crippen LogP contribution in [-0.2, 0) is 4.79 Å². The van der Waals surface area contributed by atoms with Crippen molar-refractivity contribution in [1.82, 2.24) is 5.32 Å². The minimum absolute atomic E-state index is 0.332. The van der Waals surface area contributed by atoms with Gasteiger partial charge in [0.15, 0.2) is 0 Å². The van der Waals surface area contributed by atoms with E-state index in [1.165, 1.54) is 19.3 Å². The topological polar surface area (TPSA) is 29.1 Å². The van der Waals surface area contributed by atoms with Crippen molar-refractivity contribution >= 4 is 17.5 Å². The van der Waals surface area contributed by atoms with E-state index < -0.39 is 0 Å². The standard InChI is InChI=1S/C14H22ClNO/c1-8(4-5-15)7-16-14(17)13-11-9-2-3-10(6-9)12(11)13/h8-13H,2-7H2,1H3,(H,16,17). The minimum atomic E-state index is 0.332. The predicted molar refractivity (Wildman–Crippen MR) is 68.8 cm³/mol. The van der Waals surface area contributed by atoms with Crippen molar-refractivity contribution in [3.8, 4) is 0 Å². The molecule has 5 atom stereocenters. The molecule has 0 spiro atoms. The molecule has 1 N–H and O–H groups in total. The Kier molecular flexibility index (Phi) is 3.10. The van der Waals surface area contributed by atoms with Crippen LogP contribution in [0, 0.1) is 35.5 Å². The lowest BCUT2D eigenvalue weighted by molar-refractivity contribution is -0.123. The van der Waals surface area contributed by atoms with E-state index in [0.29, 0.717) is 23.6 Å². The summed E-state index contributed by atoms with van der Waals surface area (Å²) in [5.74, 6) is 5.21. The third kappa shape index (κ3) is 1.99. The highest BCUT2D eigenvalue weighted by Gasteiger charge is 2.67. The Morgan fingerprint density at radius 2 is 2.00 bits per heavy atom. The molecule has 0 aromatic carbocycles. The van der Waals surface area contributed by atoms with Crippen LogP contribution >= 0.6 is 11.6 Å². The van der Waals surface area contributed by atoms with E-state index >= 15 is 0 Å². The fourth-order valence-electron chi connectivity index (χ4n) is 4.36. The fraction of sp³-hybridized carbons (Fsp3) is 0.929. The smallest absolute Gasteiger partial charge is 0.223 e. The quantitative estimate of drug-likeness (QED) is 0.752. The molecule has 2 nitrogen and oxygen atoms in total. The van der Waals surface area contributed by atoms with Crippen LogP contribution in [0.2, 0.25) is 0 Å². The summed E-state index contributed by atoms with van der Waals surface area (Å²) in [6.45, 7) is 2.96. The molecule has 17 heavy (non-hydrogen) atoms. The van der Waals surface area contributed by atoms with E-state index in [2.05, 4.69) is 12.2 Å². The first-order chi connectivity index (χ1) is 8.22. The van der Waals surface area contributed by atoms with Crippen LogP contribution in [0.15, 0.2) is 0 Å². The van der Waals surface area contributed by atoms with E-state index in [4.69, 9.17) is 11.6 Å². The predicted octanol–water partition coefficient (Wildman–Crippen LogP) is 2.66. The lowest BCUT2D eigenvalue weighted by Gasteiger charge is -2.13. The van der Waals surface area contributed by atoms with E-state index in [9.17, 15) is 4.79 Å². The van der Waals surface area contributed by atoms with Gasteiger partial charge in [-0.3, -0.25) is 4.79 Å². The molecule has 96 valence electrons. The molecule has 2 bridgehead atoms. The maximum Gasteiger partial charge on any atom is 0.223 e. The van der Waals surface area contributed by atoms with Crippen molar-refractivity contribution in [2.24, 2.45) is 35.5 Å². The summed E-state index contributed by atoms with van der Waals surface area (Å²) in [7, 11) is 0. The Balaban J connectivity index is 1.46. The Bertz CT molecular complexity index is 303. The number of halogens is 1. The molecule has 3 aliphatic carbocycles. The van der Waals surface area contributed by atoms with Crippen LogP contribution in [0.1, 0.15) is 32.6 Å². The zero-order chi connectivity index (χ0) is 12.0. The maximum atomic E-state index is 12.1. The zero-order valence-corrected chi connectivity index (χ0v) is 11.2. The van der Waals surface area contributed by atoms with Gasteiger partial charge in [0.1, 0.15) is 0 Å². The second-order valence-electron chi connectivity index (χ2n) is 6.34. The molecular formula is C14H22ClNO. The van der Waals surface area contributed by atoms with Crippen molar-refractivity contribution in [1.29, 1.82) is 0 Å². The average Bonchev–Trinajstić information content (AvgIpc) is 2.75. The largest absolute Gasteiger partial charge is 0.356 e. The molecule has 3 rings (SSSR count). The zero-order valence-electron chi connectivity index (χ0n) is 10.5. The Hall–Kier alpha value is -0.240. The Morgan fingerprint density at radius 3 is 2.59 bits per heavy atom.